The van der Waals surface area contributed by atoms with Crippen molar-refractivity contribution >= 4 is 11.8 Å². The van der Waals surface area contributed by atoms with Crippen LogP contribution in [0.4, 0.5) is 8.78 Å². The van der Waals surface area contributed by atoms with Crippen LogP contribution in [0.25, 0.3) is 0 Å². The van der Waals surface area contributed by atoms with Crippen molar-refractivity contribution in [2.45, 2.75) is 32.3 Å². The molecular weight excluding hydrogens is 294 g/mol. The Balaban J connectivity index is 2.54. The molecule has 1 rings (SSSR count). The fourth-order valence-corrected chi connectivity index (χ4v) is 1.89. The van der Waals surface area contributed by atoms with Crippen molar-refractivity contribution in [3.63, 3.8) is 0 Å². The van der Waals surface area contributed by atoms with Gasteiger partial charge < -0.3 is 15.7 Å². The molecule has 1 unspecified atom stereocenters. The molecule has 0 aliphatic rings. The zero-order chi connectivity index (χ0) is 16.8. The van der Waals surface area contributed by atoms with Crippen LogP contribution < -0.4 is 10.6 Å². The lowest BCUT2D eigenvalue weighted by Gasteiger charge is -2.24. The van der Waals surface area contributed by atoms with Crippen molar-refractivity contribution in [3.8, 4) is 0 Å². The smallest absolute Gasteiger partial charge is 0.220 e. The monoisotopic (exact) mass is 314 g/mol. The Morgan fingerprint density at radius 1 is 1.18 bits per heavy atom. The summed E-state index contributed by atoms with van der Waals surface area (Å²) in [5.41, 5.74) is -1.79. The molecule has 0 aromatic heterocycles. The predicted molar refractivity (Wildman–Crippen MR) is 76.9 cm³/mol. The number of carbonyl (C=O) groups is 2. The molecule has 3 N–H and O–H groups in total. The van der Waals surface area contributed by atoms with E-state index in [9.17, 15) is 23.5 Å². The van der Waals surface area contributed by atoms with Gasteiger partial charge in [-0.25, -0.2) is 8.78 Å². The lowest BCUT2D eigenvalue weighted by molar-refractivity contribution is -0.127. The van der Waals surface area contributed by atoms with Crippen LogP contribution in [0.3, 0.4) is 0 Å². The van der Waals surface area contributed by atoms with Crippen LogP contribution in [0, 0.1) is 11.6 Å². The van der Waals surface area contributed by atoms with Gasteiger partial charge in [0.15, 0.2) is 0 Å². The first kappa shape index (κ1) is 18.0. The van der Waals surface area contributed by atoms with Gasteiger partial charge in [0.2, 0.25) is 11.8 Å². The minimum Gasteiger partial charge on any atom is -0.383 e. The number of nitrogens with one attached hydrogen (secondary N) is 2. The number of aliphatic hydroxyl groups is 1. The molecule has 1 aromatic carbocycles. The molecule has 0 saturated heterocycles. The van der Waals surface area contributed by atoms with E-state index in [1.807, 2.05) is 0 Å². The maximum atomic E-state index is 13.6. The third-order valence-corrected chi connectivity index (χ3v) is 3.09. The molecule has 0 heterocycles. The van der Waals surface area contributed by atoms with E-state index in [1.54, 1.807) is 6.92 Å². The highest BCUT2D eigenvalue weighted by atomic mass is 19.1. The average Bonchev–Trinajstić information content (AvgIpc) is 2.43. The van der Waals surface area contributed by atoms with E-state index >= 15 is 0 Å². The first-order valence-corrected chi connectivity index (χ1v) is 6.97. The minimum atomic E-state index is -1.68. The molecule has 5 nitrogen and oxygen atoms in total. The van der Waals surface area contributed by atoms with E-state index in [4.69, 9.17) is 0 Å². The molecule has 1 aromatic rings. The number of rotatable bonds is 7. The van der Waals surface area contributed by atoms with E-state index in [0.717, 1.165) is 12.1 Å². The van der Waals surface area contributed by atoms with Crippen molar-refractivity contribution in [3.05, 3.63) is 35.4 Å². The van der Waals surface area contributed by atoms with Gasteiger partial charge in [-0.1, -0.05) is 6.07 Å². The molecule has 0 radical (unpaired) electrons. The van der Waals surface area contributed by atoms with Gasteiger partial charge in [0, 0.05) is 31.0 Å². The second-order valence-corrected chi connectivity index (χ2v) is 5.13. The summed E-state index contributed by atoms with van der Waals surface area (Å²) in [6.07, 6.45) is 0.000535. The van der Waals surface area contributed by atoms with Crippen LogP contribution in [-0.2, 0) is 15.2 Å². The Morgan fingerprint density at radius 2 is 1.77 bits per heavy atom. The Labute approximate surface area is 127 Å². The quantitative estimate of drug-likeness (QED) is 0.708. The average molecular weight is 314 g/mol. The molecule has 122 valence electrons. The van der Waals surface area contributed by atoms with Crippen LogP contribution in [0.1, 0.15) is 32.3 Å². The van der Waals surface area contributed by atoms with Gasteiger partial charge >= 0.3 is 0 Å². The van der Waals surface area contributed by atoms with Crippen LogP contribution in [0.5, 0.6) is 0 Å². The van der Waals surface area contributed by atoms with Crippen molar-refractivity contribution < 1.29 is 23.5 Å². The lowest BCUT2D eigenvalue weighted by atomic mass is 9.95. The maximum absolute atomic E-state index is 13.6. The standard InChI is InChI=1S/C15H20F2N2O3/c1-3-18-13(20)6-7-14(21)19-9-15(2,22)11-5-4-10(16)8-12(11)17/h4-5,8,22H,3,6-7,9H2,1-2H3,(H,18,20)(H,19,21). The Kier molecular flexibility index (Phi) is 6.42. The van der Waals surface area contributed by atoms with Crippen molar-refractivity contribution in [1.29, 1.82) is 0 Å². The topological polar surface area (TPSA) is 78.4 Å². The van der Waals surface area contributed by atoms with Crippen molar-refractivity contribution in [1.82, 2.24) is 10.6 Å². The highest BCUT2D eigenvalue weighted by Crippen LogP contribution is 2.23. The molecule has 0 fully saturated rings. The highest BCUT2D eigenvalue weighted by Gasteiger charge is 2.27. The zero-order valence-corrected chi connectivity index (χ0v) is 12.6. The van der Waals surface area contributed by atoms with Crippen LogP contribution in [-0.4, -0.2) is 30.0 Å². The summed E-state index contributed by atoms with van der Waals surface area (Å²) < 4.78 is 26.5. The number of halogens is 2. The number of hydrogen-bond donors (Lipinski definition) is 3. The largest absolute Gasteiger partial charge is 0.383 e. The maximum Gasteiger partial charge on any atom is 0.220 e. The minimum absolute atomic E-state index is 0.0339. The zero-order valence-electron chi connectivity index (χ0n) is 12.6. The van der Waals surface area contributed by atoms with E-state index in [2.05, 4.69) is 10.6 Å². The molecule has 0 aliphatic heterocycles. The van der Waals surface area contributed by atoms with Gasteiger partial charge in [-0.05, 0) is 19.9 Å². The van der Waals surface area contributed by atoms with E-state index in [1.165, 1.54) is 6.92 Å². The van der Waals surface area contributed by atoms with Gasteiger partial charge in [-0.2, -0.15) is 0 Å². The van der Waals surface area contributed by atoms with E-state index < -0.39 is 23.1 Å². The lowest BCUT2D eigenvalue weighted by Crippen LogP contribution is -2.39. The Bertz CT molecular complexity index is 548. The van der Waals surface area contributed by atoms with Crippen LogP contribution in [0.15, 0.2) is 18.2 Å². The second kappa shape index (κ2) is 7.84. The first-order valence-electron chi connectivity index (χ1n) is 6.97. The van der Waals surface area contributed by atoms with Gasteiger partial charge in [0.1, 0.15) is 17.2 Å². The molecule has 0 saturated carbocycles. The molecule has 7 heteroatoms. The number of amides is 2. The van der Waals surface area contributed by atoms with Gasteiger partial charge in [0.25, 0.3) is 0 Å². The fourth-order valence-electron chi connectivity index (χ4n) is 1.89. The summed E-state index contributed by atoms with van der Waals surface area (Å²) >= 11 is 0. The van der Waals surface area contributed by atoms with Gasteiger partial charge in [-0.3, -0.25) is 9.59 Å². The molecule has 2 amide bonds. The normalized spacial score (nSPS) is 13.3. The molecule has 0 bridgehead atoms. The molecule has 22 heavy (non-hydrogen) atoms. The third kappa shape index (κ3) is 5.40. The van der Waals surface area contributed by atoms with Crippen molar-refractivity contribution in [2.24, 2.45) is 0 Å². The number of benzene rings is 1. The molecule has 0 spiro atoms. The summed E-state index contributed by atoms with van der Waals surface area (Å²) in [5.74, 6) is -2.31. The van der Waals surface area contributed by atoms with Crippen LogP contribution >= 0.6 is 0 Å². The molecule has 0 aliphatic carbocycles. The van der Waals surface area contributed by atoms with E-state index in [-0.39, 0.29) is 30.9 Å². The van der Waals surface area contributed by atoms with Gasteiger partial charge in [0.05, 0.1) is 6.54 Å². The molecular formula is C15H20F2N2O3. The summed E-state index contributed by atoms with van der Waals surface area (Å²) in [4.78, 5) is 22.8. The first-order chi connectivity index (χ1) is 10.3. The summed E-state index contributed by atoms with van der Waals surface area (Å²) in [7, 11) is 0. The SMILES string of the molecule is CCNC(=O)CCC(=O)NCC(C)(O)c1ccc(F)cc1F. The summed E-state index contributed by atoms with van der Waals surface area (Å²) in [6, 6.07) is 2.83. The number of hydrogen-bond acceptors (Lipinski definition) is 3. The second-order valence-electron chi connectivity index (χ2n) is 5.13. The third-order valence-electron chi connectivity index (χ3n) is 3.09. The van der Waals surface area contributed by atoms with Crippen molar-refractivity contribution in [2.75, 3.05) is 13.1 Å². The fraction of sp³-hybridized carbons (Fsp3) is 0.467. The Hall–Kier alpha value is -2.02. The molecule has 1 atom stereocenters. The highest BCUT2D eigenvalue weighted by molar-refractivity contribution is 5.83. The predicted octanol–water partition coefficient (Wildman–Crippen LogP) is 1.20. The summed E-state index contributed by atoms with van der Waals surface area (Å²) in [5, 5.41) is 15.2. The van der Waals surface area contributed by atoms with E-state index in [0.29, 0.717) is 12.6 Å². The Morgan fingerprint density at radius 3 is 2.32 bits per heavy atom. The van der Waals surface area contributed by atoms with Crippen LogP contribution in [0.2, 0.25) is 0 Å². The van der Waals surface area contributed by atoms with Gasteiger partial charge in [-0.15, -0.1) is 0 Å². The summed E-state index contributed by atoms with van der Waals surface area (Å²) in [6.45, 7) is 3.32. The number of carbonyl (C=O) groups excluding carboxylic acids is 2.